The van der Waals surface area contributed by atoms with Gasteiger partial charge in [-0.1, -0.05) is 104 Å². The summed E-state index contributed by atoms with van der Waals surface area (Å²) in [6, 6.07) is 0. The van der Waals surface area contributed by atoms with Crippen molar-refractivity contribution in [1.82, 2.24) is 10.0 Å². The van der Waals surface area contributed by atoms with Crippen LogP contribution in [0.1, 0.15) is 117 Å². The third kappa shape index (κ3) is 17.7. The summed E-state index contributed by atoms with van der Waals surface area (Å²) in [4.78, 5) is 0. The number of hydrogen-bond donors (Lipinski definition) is 0. The van der Waals surface area contributed by atoms with Crippen molar-refractivity contribution >= 4 is 0 Å². The van der Waals surface area contributed by atoms with Crippen LogP contribution in [0.5, 0.6) is 0 Å². The van der Waals surface area contributed by atoms with Crippen LogP contribution in [0.3, 0.4) is 0 Å². The van der Waals surface area contributed by atoms with Gasteiger partial charge in [-0.25, -0.2) is 10.0 Å². The molecule has 0 saturated carbocycles. The molecule has 0 atom stereocenters. The van der Waals surface area contributed by atoms with E-state index in [0.29, 0.717) is 0 Å². The molecule has 3 nitrogen and oxygen atoms in total. The third-order valence-corrected chi connectivity index (χ3v) is 5.66. The largest absolute Gasteiger partial charge is 0.385 e. The van der Waals surface area contributed by atoms with Crippen LogP contribution in [0, 0.1) is 0 Å². The van der Waals surface area contributed by atoms with Crippen molar-refractivity contribution in [3.05, 3.63) is 0 Å². The number of nitrogens with zero attached hydrogens (tertiary/aromatic N) is 2. The highest BCUT2D eigenvalue weighted by atomic mass is 16.5. The van der Waals surface area contributed by atoms with Gasteiger partial charge in [-0.3, -0.25) is 0 Å². The molecule has 27 heavy (non-hydrogen) atoms. The first kappa shape index (κ1) is 26.9. The summed E-state index contributed by atoms with van der Waals surface area (Å²) in [5.41, 5.74) is 0. The molecule has 0 aromatic rings. The first-order valence-corrected chi connectivity index (χ1v) is 12.3. The Kier molecular flexibility index (Phi) is 22.1. The van der Waals surface area contributed by atoms with Crippen molar-refractivity contribution in [2.45, 2.75) is 117 Å². The first-order valence-electron chi connectivity index (χ1n) is 12.3. The molecular formula is C24H52N2O. The molecule has 0 aromatic carbocycles. The maximum Gasteiger partial charge on any atom is 0.0475 e. The predicted molar refractivity (Wildman–Crippen MR) is 121 cm³/mol. The molecule has 0 aliphatic rings. The highest BCUT2D eigenvalue weighted by Gasteiger charge is 2.11. The number of hydrazine groups is 1. The molecule has 0 amide bonds. The van der Waals surface area contributed by atoms with Crippen LogP contribution in [0.25, 0.3) is 0 Å². The SMILES string of the molecule is CCCCCCCCCCCCCCCCN(CCCOC)N(CC)CC. The van der Waals surface area contributed by atoms with E-state index in [1.165, 1.54) is 96.4 Å². The molecule has 0 radical (unpaired) electrons. The second kappa shape index (κ2) is 22.2. The highest BCUT2D eigenvalue weighted by Crippen LogP contribution is 2.13. The van der Waals surface area contributed by atoms with E-state index in [-0.39, 0.29) is 0 Å². The van der Waals surface area contributed by atoms with Gasteiger partial charge in [0.1, 0.15) is 0 Å². The maximum absolute atomic E-state index is 5.22. The van der Waals surface area contributed by atoms with Gasteiger partial charge in [-0.05, 0) is 12.8 Å². The molecule has 0 aliphatic carbocycles. The number of ether oxygens (including phenoxy) is 1. The molecule has 0 spiro atoms. The Morgan fingerprint density at radius 2 is 0.889 bits per heavy atom. The summed E-state index contributed by atoms with van der Waals surface area (Å²) in [7, 11) is 1.80. The van der Waals surface area contributed by atoms with Gasteiger partial charge in [0.25, 0.3) is 0 Å². The van der Waals surface area contributed by atoms with Gasteiger partial charge in [0.2, 0.25) is 0 Å². The van der Waals surface area contributed by atoms with Crippen LogP contribution in [0.2, 0.25) is 0 Å². The van der Waals surface area contributed by atoms with Gasteiger partial charge in [0, 0.05) is 39.9 Å². The van der Waals surface area contributed by atoms with Crippen molar-refractivity contribution in [2.75, 3.05) is 39.9 Å². The summed E-state index contributed by atoms with van der Waals surface area (Å²) in [5, 5.41) is 5.04. The Morgan fingerprint density at radius 1 is 0.481 bits per heavy atom. The molecule has 0 heterocycles. The summed E-state index contributed by atoms with van der Waals surface area (Å²) >= 11 is 0. The molecule has 0 aromatic heterocycles. The van der Waals surface area contributed by atoms with Crippen molar-refractivity contribution in [3.63, 3.8) is 0 Å². The zero-order valence-electron chi connectivity index (χ0n) is 19.4. The van der Waals surface area contributed by atoms with Gasteiger partial charge in [0.15, 0.2) is 0 Å². The molecule has 0 rings (SSSR count). The van der Waals surface area contributed by atoms with Gasteiger partial charge < -0.3 is 4.74 Å². The van der Waals surface area contributed by atoms with Crippen LogP contribution in [-0.4, -0.2) is 49.9 Å². The molecule has 0 fully saturated rings. The standard InChI is InChI=1S/C24H52N2O/c1-5-8-9-10-11-12-13-14-15-16-17-18-19-20-22-26(23-21-24-27-4)25(6-2)7-3/h5-24H2,1-4H3. The highest BCUT2D eigenvalue weighted by molar-refractivity contribution is 4.58. The molecule has 0 N–H and O–H groups in total. The van der Waals surface area contributed by atoms with E-state index in [1.54, 1.807) is 7.11 Å². The first-order chi connectivity index (χ1) is 13.3. The number of rotatable bonds is 22. The van der Waals surface area contributed by atoms with Gasteiger partial charge in [-0.2, -0.15) is 0 Å². The smallest absolute Gasteiger partial charge is 0.0475 e. The number of unbranched alkanes of at least 4 members (excludes halogenated alkanes) is 13. The van der Waals surface area contributed by atoms with Gasteiger partial charge in [-0.15, -0.1) is 0 Å². The summed E-state index contributed by atoms with van der Waals surface area (Å²) in [6.45, 7) is 12.3. The Hall–Kier alpha value is -0.120. The van der Waals surface area contributed by atoms with Crippen molar-refractivity contribution in [1.29, 1.82) is 0 Å². The lowest BCUT2D eigenvalue weighted by Gasteiger charge is -2.33. The van der Waals surface area contributed by atoms with Gasteiger partial charge >= 0.3 is 0 Å². The average Bonchev–Trinajstić information content (AvgIpc) is 2.68. The second-order valence-electron chi connectivity index (χ2n) is 8.04. The second-order valence-corrected chi connectivity index (χ2v) is 8.04. The van der Waals surface area contributed by atoms with Crippen LogP contribution >= 0.6 is 0 Å². The quantitative estimate of drug-likeness (QED) is 0.147. The third-order valence-electron chi connectivity index (χ3n) is 5.66. The van der Waals surface area contributed by atoms with Crippen molar-refractivity contribution in [3.8, 4) is 0 Å². The van der Waals surface area contributed by atoms with E-state index in [1.807, 2.05) is 0 Å². The van der Waals surface area contributed by atoms with Crippen molar-refractivity contribution in [2.24, 2.45) is 0 Å². The zero-order chi connectivity index (χ0) is 20.0. The van der Waals surface area contributed by atoms with Crippen LogP contribution in [0.4, 0.5) is 0 Å². The van der Waals surface area contributed by atoms with E-state index < -0.39 is 0 Å². The summed E-state index contributed by atoms with van der Waals surface area (Å²) in [5.74, 6) is 0. The summed E-state index contributed by atoms with van der Waals surface area (Å²) in [6.07, 6.45) is 21.2. The molecule has 0 unspecified atom stereocenters. The lowest BCUT2D eigenvalue weighted by molar-refractivity contribution is -0.0229. The van der Waals surface area contributed by atoms with E-state index in [2.05, 4.69) is 30.8 Å². The lowest BCUT2D eigenvalue weighted by atomic mass is 10.0. The minimum Gasteiger partial charge on any atom is -0.385 e. The Labute approximate surface area is 172 Å². The molecule has 0 bridgehead atoms. The topological polar surface area (TPSA) is 15.7 Å². The Morgan fingerprint density at radius 3 is 1.30 bits per heavy atom. The van der Waals surface area contributed by atoms with Gasteiger partial charge in [0.05, 0.1) is 0 Å². The molecule has 164 valence electrons. The maximum atomic E-state index is 5.22. The van der Waals surface area contributed by atoms with Crippen LogP contribution < -0.4 is 0 Å². The average molecular weight is 385 g/mol. The van der Waals surface area contributed by atoms with E-state index in [4.69, 9.17) is 4.74 Å². The number of methoxy groups -OCH3 is 1. The van der Waals surface area contributed by atoms with Crippen molar-refractivity contribution < 1.29 is 4.74 Å². The predicted octanol–water partition coefficient (Wildman–Crippen LogP) is 7.06. The molecule has 3 heteroatoms. The summed E-state index contributed by atoms with van der Waals surface area (Å²) < 4.78 is 5.22. The van der Waals surface area contributed by atoms with E-state index >= 15 is 0 Å². The monoisotopic (exact) mass is 384 g/mol. The Balaban J connectivity index is 3.50. The minimum atomic E-state index is 0.872. The van der Waals surface area contributed by atoms with E-state index in [9.17, 15) is 0 Å². The fraction of sp³-hybridized carbons (Fsp3) is 1.00. The van der Waals surface area contributed by atoms with E-state index in [0.717, 1.165) is 32.7 Å². The minimum absolute atomic E-state index is 0.872. The fourth-order valence-electron chi connectivity index (χ4n) is 3.90. The van der Waals surface area contributed by atoms with Crippen LogP contribution in [0.15, 0.2) is 0 Å². The number of hydrogen-bond acceptors (Lipinski definition) is 3. The molecule has 0 saturated heterocycles. The zero-order valence-corrected chi connectivity index (χ0v) is 19.4. The fourth-order valence-corrected chi connectivity index (χ4v) is 3.90. The molecular weight excluding hydrogens is 332 g/mol. The van der Waals surface area contributed by atoms with Crippen LogP contribution in [-0.2, 0) is 4.74 Å². The lowest BCUT2D eigenvalue weighted by Crippen LogP contribution is -2.43. The Bertz CT molecular complexity index is 269. The molecule has 0 aliphatic heterocycles. The normalized spacial score (nSPS) is 11.8.